The largest absolute Gasteiger partial charge is 0.483 e. The van der Waals surface area contributed by atoms with E-state index in [9.17, 15) is 9.18 Å². The highest BCUT2D eigenvalue weighted by molar-refractivity contribution is 5.92. The minimum Gasteiger partial charge on any atom is -0.483 e. The smallest absolute Gasteiger partial charge is 0.290 e. The molecule has 0 aromatic carbocycles. The zero-order valence-electron chi connectivity index (χ0n) is 18.0. The highest BCUT2D eigenvalue weighted by atomic mass is 19.1. The summed E-state index contributed by atoms with van der Waals surface area (Å²) in [6.45, 7) is 7.23. The molecule has 1 aromatic heterocycles. The lowest BCUT2D eigenvalue weighted by Gasteiger charge is -2.57. The van der Waals surface area contributed by atoms with Crippen LogP contribution in [0.1, 0.15) is 62.9 Å². The summed E-state index contributed by atoms with van der Waals surface area (Å²) in [5.74, 6) is 1.42. The lowest BCUT2D eigenvalue weighted by atomic mass is 9.71. The van der Waals surface area contributed by atoms with E-state index >= 15 is 0 Å². The van der Waals surface area contributed by atoms with Crippen LogP contribution in [0, 0.1) is 23.6 Å². The number of fused-ring (bicyclic) bond motifs is 4. The highest BCUT2D eigenvalue weighted by Crippen LogP contribution is 2.43. The molecule has 3 aliphatic rings. The van der Waals surface area contributed by atoms with Crippen LogP contribution in [-0.4, -0.2) is 64.0 Å². The van der Waals surface area contributed by atoms with Crippen molar-refractivity contribution in [2.75, 3.05) is 19.6 Å². The number of carbonyl (C=O) groups excluding carboxylic acids is 1. The van der Waals surface area contributed by atoms with Crippen molar-refractivity contribution < 1.29 is 19.1 Å². The number of likely N-dealkylation sites (tertiary alicyclic amines) is 1. The van der Waals surface area contributed by atoms with Crippen LogP contribution in [0.3, 0.4) is 0 Å². The zero-order chi connectivity index (χ0) is 21.7. The van der Waals surface area contributed by atoms with E-state index in [1.165, 1.54) is 57.2 Å². The van der Waals surface area contributed by atoms with Gasteiger partial charge in [0.2, 0.25) is 0 Å². The number of carbonyl (C=O) groups is 2. The molecule has 0 spiro atoms. The fourth-order valence-electron chi connectivity index (χ4n) is 5.64. The maximum absolute atomic E-state index is 13.2. The summed E-state index contributed by atoms with van der Waals surface area (Å²) >= 11 is 0. The average molecular weight is 420 g/mol. The summed E-state index contributed by atoms with van der Waals surface area (Å²) in [7, 11) is 0. The molecular weight excluding hydrogens is 385 g/mol. The molecule has 1 N–H and O–H groups in total. The molecule has 3 saturated heterocycles. The maximum atomic E-state index is 13.2. The van der Waals surface area contributed by atoms with E-state index in [0.717, 1.165) is 25.2 Å². The van der Waals surface area contributed by atoms with Gasteiger partial charge in [0.25, 0.3) is 12.4 Å². The molecule has 0 saturated carbocycles. The molecule has 6 nitrogen and oxygen atoms in total. The molecule has 1 aromatic rings. The molecule has 0 unspecified atom stereocenters. The van der Waals surface area contributed by atoms with Gasteiger partial charge in [-0.1, -0.05) is 20.3 Å². The van der Waals surface area contributed by atoms with E-state index in [1.54, 1.807) is 0 Å². The molecule has 166 valence electrons. The molecule has 4 rings (SSSR count). The van der Waals surface area contributed by atoms with E-state index in [1.807, 2.05) is 4.90 Å². The number of piperidine rings is 3. The van der Waals surface area contributed by atoms with Gasteiger partial charge < -0.3 is 10.0 Å². The minimum atomic E-state index is -0.395. The number of hydrogen-bond acceptors (Lipinski definition) is 4. The maximum Gasteiger partial charge on any atom is 0.290 e. The summed E-state index contributed by atoms with van der Waals surface area (Å²) in [4.78, 5) is 30.2. The number of halogens is 1. The molecule has 7 heteroatoms. The second kappa shape index (κ2) is 10.3. The molecule has 2 bridgehead atoms. The molecule has 0 radical (unpaired) electrons. The molecular formula is C23H34FN3O3. The molecule has 4 atom stereocenters. The first-order valence-corrected chi connectivity index (χ1v) is 11.2. The third kappa shape index (κ3) is 5.17. The topological polar surface area (TPSA) is 73.7 Å². The van der Waals surface area contributed by atoms with Crippen LogP contribution < -0.4 is 0 Å². The first kappa shape index (κ1) is 22.7. The quantitative estimate of drug-likeness (QED) is 0.754. The van der Waals surface area contributed by atoms with Crippen molar-refractivity contribution in [1.82, 2.24) is 14.8 Å². The average Bonchev–Trinajstić information content (AvgIpc) is 2.74. The summed E-state index contributed by atoms with van der Waals surface area (Å²) in [5.41, 5.74) is 0.371. The monoisotopic (exact) mass is 419 g/mol. The molecule has 30 heavy (non-hydrogen) atoms. The van der Waals surface area contributed by atoms with Gasteiger partial charge in [0.05, 0.1) is 6.20 Å². The van der Waals surface area contributed by atoms with Crippen LogP contribution in [0.4, 0.5) is 4.39 Å². The third-order valence-corrected chi connectivity index (χ3v) is 6.90. The van der Waals surface area contributed by atoms with E-state index < -0.39 is 5.82 Å². The summed E-state index contributed by atoms with van der Waals surface area (Å²) in [6.07, 6.45) is 8.79. The molecule has 3 fully saturated rings. The highest BCUT2D eigenvalue weighted by Gasteiger charge is 2.47. The lowest BCUT2D eigenvalue weighted by molar-refractivity contribution is -0.122. The Balaban J connectivity index is 0.000000806. The van der Waals surface area contributed by atoms with E-state index in [-0.39, 0.29) is 12.4 Å². The predicted octanol–water partition coefficient (Wildman–Crippen LogP) is 3.67. The van der Waals surface area contributed by atoms with Crippen LogP contribution in [0.2, 0.25) is 0 Å². The molecule has 0 aliphatic carbocycles. The van der Waals surface area contributed by atoms with Gasteiger partial charge in [0.1, 0.15) is 11.5 Å². The fraction of sp³-hybridized carbons (Fsp3) is 0.696. The van der Waals surface area contributed by atoms with Gasteiger partial charge in [-0.25, -0.2) is 9.37 Å². The standard InChI is InChI=1S/C22H32FN3O.CH2O2/c1-15(2)6-9-21-17-11-16(20-5-3-4-10-26(20)21)13-25(14-17)22(27)19-8-7-18(23)12-24-19;2-1-3/h7-8,12,15-17,20-21H,3-6,9-11,13-14H2,1-2H3;1H,(H,2,3)/t16-,17+,20+,21+;/m1./s1. The van der Waals surface area contributed by atoms with Crippen LogP contribution >= 0.6 is 0 Å². The van der Waals surface area contributed by atoms with Crippen molar-refractivity contribution in [1.29, 1.82) is 0 Å². The second-order valence-corrected chi connectivity index (χ2v) is 9.27. The Labute approximate surface area is 178 Å². The number of pyridine rings is 1. The van der Waals surface area contributed by atoms with Crippen LogP contribution in [0.25, 0.3) is 0 Å². The Morgan fingerprint density at radius 2 is 2.03 bits per heavy atom. The first-order valence-electron chi connectivity index (χ1n) is 11.2. The van der Waals surface area contributed by atoms with Crippen LogP contribution in [0.5, 0.6) is 0 Å². The van der Waals surface area contributed by atoms with Crippen LogP contribution in [-0.2, 0) is 4.79 Å². The van der Waals surface area contributed by atoms with Crippen molar-refractivity contribution in [3.05, 3.63) is 29.8 Å². The first-order chi connectivity index (χ1) is 14.4. The SMILES string of the molecule is CC(C)CC[C@H]1[C@H]2C[C@H](CN(C(=O)c3ccc(F)cn3)C2)[C@@H]2CCCCN21.O=CO. The van der Waals surface area contributed by atoms with Crippen molar-refractivity contribution in [2.24, 2.45) is 17.8 Å². The van der Waals surface area contributed by atoms with E-state index in [2.05, 4.69) is 23.7 Å². The molecule has 3 aliphatic heterocycles. The third-order valence-electron chi connectivity index (χ3n) is 6.90. The van der Waals surface area contributed by atoms with Gasteiger partial charge in [-0.05, 0) is 68.5 Å². The normalized spacial score (nSPS) is 28.3. The van der Waals surface area contributed by atoms with E-state index in [0.29, 0.717) is 29.6 Å². The number of aromatic nitrogens is 1. The van der Waals surface area contributed by atoms with Gasteiger partial charge in [0, 0.05) is 25.2 Å². The van der Waals surface area contributed by atoms with Gasteiger partial charge in [-0.3, -0.25) is 14.5 Å². The Morgan fingerprint density at radius 1 is 1.30 bits per heavy atom. The Bertz CT molecular complexity index is 712. The van der Waals surface area contributed by atoms with Crippen molar-refractivity contribution in [2.45, 2.75) is 64.5 Å². The predicted molar refractivity (Wildman–Crippen MR) is 113 cm³/mol. The van der Waals surface area contributed by atoms with Crippen LogP contribution in [0.15, 0.2) is 18.3 Å². The Kier molecular flexibility index (Phi) is 7.81. The molecule has 1 amide bonds. The Hall–Kier alpha value is -2.02. The number of amides is 1. The lowest BCUT2D eigenvalue weighted by Crippen LogP contribution is -2.64. The molecule has 4 heterocycles. The van der Waals surface area contributed by atoms with Crippen molar-refractivity contribution in [3.63, 3.8) is 0 Å². The van der Waals surface area contributed by atoms with Gasteiger partial charge >= 0.3 is 0 Å². The minimum absolute atomic E-state index is 0.0310. The second-order valence-electron chi connectivity index (χ2n) is 9.27. The van der Waals surface area contributed by atoms with Gasteiger partial charge in [0.15, 0.2) is 0 Å². The number of nitrogens with zero attached hydrogens (tertiary/aromatic N) is 3. The summed E-state index contributed by atoms with van der Waals surface area (Å²) in [5, 5.41) is 6.89. The number of rotatable bonds is 4. The zero-order valence-corrected chi connectivity index (χ0v) is 18.0. The fourth-order valence-corrected chi connectivity index (χ4v) is 5.64. The Morgan fingerprint density at radius 3 is 2.70 bits per heavy atom. The van der Waals surface area contributed by atoms with E-state index in [4.69, 9.17) is 9.90 Å². The van der Waals surface area contributed by atoms with Crippen molar-refractivity contribution in [3.8, 4) is 0 Å². The number of carboxylic acid groups (broad SMARTS) is 1. The van der Waals surface area contributed by atoms with Gasteiger partial charge in [-0.15, -0.1) is 0 Å². The summed E-state index contributed by atoms with van der Waals surface area (Å²) in [6, 6.07) is 4.08. The van der Waals surface area contributed by atoms with Gasteiger partial charge in [-0.2, -0.15) is 0 Å². The number of hydrogen-bond donors (Lipinski definition) is 1. The summed E-state index contributed by atoms with van der Waals surface area (Å²) < 4.78 is 13.2. The van der Waals surface area contributed by atoms with Crippen molar-refractivity contribution >= 4 is 12.4 Å².